The van der Waals surface area contributed by atoms with Crippen molar-refractivity contribution < 1.29 is 9.35 Å². The van der Waals surface area contributed by atoms with E-state index in [1.54, 1.807) is 12.1 Å². The highest BCUT2D eigenvalue weighted by molar-refractivity contribution is 6.74. The van der Waals surface area contributed by atoms with E-state index in [4.69, 9.17) is 10.2 Å². The molecule has 1 aromatic carbocycles. The van der Waals surface area contributed by atoms with Crippen LogP contribution in [0.5, 0.6) is 0 Å². The Kier molecular flexibility index (Phi) is 6.47. The summed E-state index contributed by atoms with van der Waals surface area (Å²) < 4.78 is 6.53. The molecule has 0 bridgehead atoms. The van der Waals surface area contributed by atoms with E-state index in [2.05, 4.69) is 38.8 Å². The van der Waals surface area contributed by atoms with Gasteiger partial charge in [-0.3, -0.25) is 10.1 Å². The van der Waals surface area contributed by atoms with Gasteiger partial charge in [-0.25, -0.2) is 0 Å². The number of nitro groups is 1. The fourth-order valence-electron chi connectivity index (χ4n) is 3.03. The number of nitro benzene ring substituents is 1. The normalized spacial score (nSPS) is 17.4. The van der Waals surface area contributed by atoms with E-state index in [1.165, 1.54) is 0 Å². The highest BCUT2D eigenvalue weighted by Gasteiger charge is 2.39. The summed E-state index contributed by atoms with van der Waals surface area (Å²) in [5, 5.41) is 11.2. The lowest BCUT2D eigenvalue weighted by molar-refractivity contribution is -0.384. The van der Waals surface area contributed by atoms with Crippen molar-refractivity contribution in [2.24, 2.45) is 0 Å². The zero-order valence-electron chi connectivity index (χ0n) is 16.7. The molecule has 1 heterocycles. The number of likely N-dealkylation sites (tertiary alicyclic amines) is 1. The second kappa shape index (κ2) is 8.06. The van der Waals surface area contributed by atoms with E-state index < -0.39 is 13.2 Å². The number of nitrogens with zero attached hydrogens (tertiary/aromatic N) is 2. The quantitative estimate of drug-likeness (QED) is 0.346. The molecular weight excluding hydrogens is 346 g/mol. The number of nitrogens with two attached hydrogens (primary N) is 1. The zero-order valence-corrected chi connectivity index (χ0v) is 17.7. The number of nitrogen functional groups attached to an aromatic ring is 1. The second-order valence-electron chi connectivity index (χ2n) is 8.82. The predicted octanol–water partition coefficient (Wildman–Crippen LogP) is 4.21. The molecule has 0 unspecified atom stereocenters. The molecule has 1 saturated heterocycles. The van der Waals surface area contributed by atoms with Gasteiger partial charge in [-0.1, -0.05) is 26.8 Å². The number of benzene rings is 1. The van der Waals surface area contributed by atoms with E-state index in [1.807, 2.05) is 6.07 Å². The minimum atomic E-state index is -1.70. The van der Waals surface area contributed by atoms with Gasteiger partial charge < -0.3 is 15.1 Å². The summed E-state index contributed by atoms with van der Waals surface area (Å²) in [5.74, 6) is 0. The molecule has 0 aliphatic carbocycles. The van der Waals surface area contributed by atoms with E-state index in [0.29, 0.717) is 6.10 Å². The van der Waals surface area contributed by atoms with Crippen LogP contribution in [0.3, 0.4) is 0 Å². The summed E-state index contributed by atoms with van der Waals surface area (Å²) in [6, 6.07) is 5.12. The fraction of sp³-hybridized carbons (Fsp3) is 0.684. The van der Waals surface area contributed by atoms with Crippen molar-refractivity contribution in [3.8, 4) is 0 Å². The van der Waals surface area contributed by atoms with Gasteiger partial charge in [0.1, 0.15) is 5.69 Å². The molecule has 26 heavy (non-hydrogen) atoms. The summed E-state index contributed by atoms with van der Waals surface area (Å²) in [6.45, 7) is 14.4. The molecule has 0 spiro atoms. The van der Waals surface area contributed by atoms with Crippen molar-refractivity contribution in [1.82, 2.24) is 4.90 Å². The second-order valence-corrected chi connectivity index (χ2v) is 13.6. The topological polar surface area (TPSA) is 81.6 Å². The Morgan fingerprint density at radius 1 is 1.31 bits per heavy atom. The summed E-state index contributed by atoms with van der Waals surface area (Å²) in [6.07, 6.45) is 3.29. The minimum absolute atomic E-state index is 0.00368. The van der Waals surface area contributed by atoms with Crippen LogP contribution in [0.15, 0.2) is 18.2 Å². The maximum atomic E-state index is 11.0. The molecule has 0 atom stereocenters. The Hall–Kier alpha value is -1.44. The molecule has 0 amide bonds. The molecule has 1 aromatic rings. The van der Waals surface area contributed by atoms with Crippen molar-refractivity contribution in [2.75, 3.05) is 25.4 Å². The van der Waals surface area contributed by atoms with Gasteiger partial charge in [0.25, 0.3) is 5.69 Å². The average molecular weight is 380 g/mol. The van der Waals surface area contributed by atoms with Crippen LogP contribution in [0.1, 0.15) is 39.2 Å². The first-order valence-corrected chi connectivity index (χ1v) is 12.3. The largest absolute Gasteiger partial charge is 0.414 e. The SMILES string of the molecule is CC(C)(C)[Si](C)(C)OC1CCN(CCc2ccc(N)c([N+](=O)[O-])c2)CC1. The third-order valence-corrected chi connectivity index (χ3v) is 10.3. The van der Waals surface area contributed by atoms with Crippen molar-refractivity contribution in [2.45, 2.75) is 64.3 Å². The van der Waals surface area contributed by atoms with Crippen molar-refractivity contribution >= 4 is 19.7 Å². The van der Waals surface area contributed by atoms with Crippen LogP contribution in [-0.4, -0.2) is 43.9 Å². The van der Waals surface area contributed by atoms with Gasteiger partial charge >= 0.3 is 0 Å². The van der Waals surface area contributed by atoms with Crippen LogP contribution < -0.4 is 5.73 Å². The van der Waals surface area contributed by atoms with E-state index in [9.17, 15) is 10.1 Å². The van der Waals surface area contributed by atoms with E-state index in [-0.39, 0.29) is 16.4 Å². The molecular formula is C19H33N3O3Si. The molecule has 6 nitrogen and oxygen atoms in total. The highest BCUT2D eigenvalue weighted by Crippen LogP contribution is 2.38. The third kappa shape index (κ3) is 5.28. The van der Waals surface area contributed by atoms with Crippen LogP contribution in [0.25, 0.3) is 0 Å². The smallest absolute Gasteiger partial charge is 0.292 e. The third-order valence-electron chi connectivity index (χ3n) is 5.81. The first kappa shape index (κ1) is 20.9. The van der Waals surface area contributed by atoms with Crippen molar-refractivity contribution in [1.29, 1.82) is 0 Å². The van der Waals surface area contributed by atoms with Crippen LogP contribution in [0, 0.1) is 10.1 Å². The van der Waals surface area contributed by atoms with E-state index >= 15 is 0 Å². The number of rotatable bonds is 6. The number of hydrogen-bond acceptors (Lipinski definition) is 5. The van der Waals surface area contributed by atoms with Gasteiger partial charge in [-0.2, -0.15) is 0 Å². The van der Waals surface area contributed by atoms with Crippen LogP contribution in [0.4, 0.5) is 11.4 Å². The summed E-state index contributed by atoms with van der Waals surface area (Å²) in [4.78, 5) is 13.0. The molecule has 2 rings (SSSR count). The number of hydrogen-bond donors (Lipinski definition) is 1. The van der Waals surface area contributed by atoms with Gasteiger partial charge in [0.05, 0.1) is 4.92 Å². The van der Waals surface area contributed by atoms with Gasteiger partial charge in [0.15, 0.2) is 8.32 Å². The van der Waals surface area contributed by atoms with Gasteiger partial charge in [-0.15, -0.1) is 0 Å². The Morgan fingerprint density at radius 2 is 1.92 bits per heavy atom. The Bertz CT molecular complexity index is 635. The maximum Gasteiger partial charge on any atom is 0.292 e. The van der Waals surface area contributed by atoms with Crippen molar-refractivity contribution in [3.05, 3.63) is 33.9 Å². The first-order valence-electron chi connectivity index (χ1n) is 9.42. The average Bonchev–Trinajstić information content (AvgIpc) is 2.53. The van der Waals surface area contributed by atoms with Crippen LogP contribution in [-0.2, 0) is 10.8 Å². The monoisotopic (exact) mass is 379 g/mol. The lowest BCUT2D eigenvalue weighted by atomic mass is 10.1. The summed E-state index contributed by atoms with van der Waals surface area (Å²) in [5.41, 5.74) is 6.85. The number of piperidine rings is 1. The summed E-state index contributed by atoms with van der Waals surface area (Å²) in [7, 11) is -1.70. The van der Waals surface area contributed by atoms with Gasteiger partial charge in [0.2, 0.25) is 0 Å². The Balaban J connectivity index is 1.83. The lowest BCUT2D eigenvalue weighted by Gasteiger charge is -2.42. The molecule has 0 radical (unpaired) electrons. The first-order chi connectivity index (χ1) is 12.0. The molecule has 7 heteroatoms. The molecule has 1 aliphatic heterocycles. The van der Waals surface area contributed by atoms with Crippen molar-refractivity contribution in [3.63, 3.8) is 0 Å². The predicted molar refractivity (Wildman–Crippen MR) is 109 cm³/mol. The molecule has 2 N–H and O–H groups in total. The Labute approximate surface area is 158 Å². The van der Waals surface area contributed by atoms with E-state index in [0.717, 1.165) is 44.5 Å². The Morgan fingerprint density at radius 3 is 2.46 bits per heavy atom. The molecule has 1 fully saturated rings. The van der Waals surface area contributed by atoms with Crippen LogP contribution >= 0.6 is 0 Å². The molecule has 146 valence electrons. The highest BCUT2D eigenvalue weighted by atomic mass is 28.4. The lowest BCUT2D eigenvalue weighted by Crippen LogP contribution is -2.47. The fourth-order valence-corrected chi connectivity index (χ4v) is 4.46. The number of anilines is 1. The maximum absolute atomic E-state index is 11.0. The standard InChI is InChI=1S/C19H33N3O3Si/c1-19(2,3)26(4,5)25-16-9-12-21(13-10-16)11-8-15-6-7-17(20)18(14-15)22(23)24/h6-7,14,16H,8-13,20H2,1-5H3. The molecule has 1 aliphatic rings. The minimum Gasteiger partial charge on any atom is -0.414 e. The molecule has 0 saturated carbocycles. The van der Waals surface area contributed by atoms with Crippen LogP contribution in [0.2, 0.25) is 18.1 Å². The molecule has 0 aromatic heterocycles. The summed E-state index contributed by atoms with van der Waals surface area (Å²) >= 11 is 0. The van der Waals surface area contributed by atoms with Gasteiger partial charge in [-0.05, 0) is 49.0 Å². The van der Waals surface area contributed by atoms with Gasteiger partial charge in [0, 0.05) is 31.8 Å². The zero-order chi connectivity index (χ0) is 19.5.